The molecule has 24 heavy (non-hydrogen) atoms. The molecule has 0 aliphatic carbocycles. The molecule has 4 nitrogen and oxygen atoms in total. The quantitative estimate of drug-likeness (QED) is 0.706. The number of nitrogens with two attached hydrogens (primary N) is 1. The Bertz CT molecular complexity index is 865. The van der Waals surface area contributed by atoms with E-state index in [1.54, 1.807) is 0 Å². The monoisotopic (exact) mass is 323 g/mol. The van der Waals surface area contributed by atoms with Crippen LogP contribution in [0.5, 0.6) is 5.75 Å². The van der Waals surface area contributed by atoms with Crippen molar-refractivity contribution in [3.8, 4) is 5.75 Å². The maximum Gasteiger partial charge on any atom is 0.121 e. The lowest BCUT2D eigenvalue weighted by atomic mass is 10.1. The van der Waals surface area contributed by atoms with Crippen molar-refractivity contribution in [2.24, 2.45) is 0 Å². The summed E-state index contributed by atoms with van der Waals surface area (Å²) < 4.78 is 8.15. The van der Waals surface area contributed by atoms with Crippen molar-refractivity contribution in [3.05, 3.63) is 53.3 Å². The van der Waals surface area contributed by atoms with E-state index < -0.39 is 0 Å². The molecule has 0 fully saturated rings. The normalized spacial score (nSPS) is 11.4. The van der Waals surface area contributed by atoms with E-state index in [-0.39, 0.29) is 0 Å². The van der Waals surface area contributed by atoms with E-state index in [2.05, 4.69) is 44.4 Å². The number of hydrogen-bond donors (Lipinski definition) is 1. The SMILES string of the molecule is Cc1cc2nc(C(C)C)n(CCOc3cccc(N)c3)c2cc1C. The van der Waals surface area contributed by atoms with Crippen LogP contribution in [0.15, 0.2) is 36.4 Å². The van der Waals surface area contributed by atoms with Gasteiger partial charge < -0.3 is 15.0 Å². The molecular formula is C20H25N3O. The van der Waals surface area contributed by atoms with Gasteiger partial charge in [-0.05, 0) is 49.2 Å². The molecule has 1 aromatic heterocycles. The van der Waals surface area contributed by atoms with E-state index in [0.29, 0.717) is 12.5 Å². The van der Waals surface area contributed by atoms with Gasteiger partial charge in [0.05, 0.1) is 17.6 Å². The second-order valence-electron chi connectivity index (χ2n) is 6.62. The molecule has 0 unspecified atom stereocenters. The minimum absolute atomic E-state index is 0.366. The second-order valence-corrected chi connectivity index (χ2v) is 6.62. The third kappa shape index (κ3) is 3.23. The third-order valence-electron chi connectivity index (χ3n) is 4.35. The maximum atomic E-state index is 5.87. The van der Waals surface area contributed by atoms with Crippen molar-refractivity contribution >= 4 is 16.7 Å². The lowest BCUT2D eigenvalue weighted by Crippen LogP contribution is -2.12. The Morgan fingerprint density at radius 3 is 2.58 bits per heavy atom. The average Bonchev–Trinajstić information content (AvgIpc) is 2.86. The maximum absolute atomic E-state index is 5.87. The molecule has 1 heterocycles. The van der Waals surface area contributed by atoms with Gasteiger partial charge in [0, 0.05) is 17.7 Å². The van der Waals surface area contributed by atoms with Crippen molar-refractivity contribution in [3.63, 3.8) is 0 Å². The number of nitrogen functional groups attached to an aromatic ring is 1. The molecule has 3 aromatic rings. The standard InChI is InChI=1S/C20H25N3O/c1-13(2)20-22-18-10-14(3)15(4)11-19(18)23(20)8-9-24-17-7-5-6-16(21)12-17/h5-7,10-13H,8-9,21H2,1-4H3. The third-order valence-corrected chi connectivity index (χ3v) is 4.35. The zero-order valence-electron chi connectivity index (χ0n) is 14.8. The van der Waals surface area contributed by atoms with Crippen molar-refractivity contribution in [2.75, 3.05) is 12.3 Å². The summed E-state index contributed by atoms with van der Waals surface area (Å²) in [6, 6.07) is 11.9. The fourth-order valence-corrected chi connectivity index (χ4v) is 2.93. The number of fused-ring (bicyclic) bond motifs is 1. The highest BCUT2D eigenvalue weighted by Gasteiger charge is 2.14. The van der Waals surface area contributed by atoms with Crippen LogP contribution in [0.1, 0.15) is 36.7 Å². The molecule has 0 radical (unpaired) electrons. The minimum atomic E-state index is 0.366. The Morgan fingerprint density at radius 1 is 1.12 bits per heavy atom. The Labute approximate surface area is 143 Å². The number of nitrogens with zero attached hydrogens (tertiary/aromatic N) is 2. The number of hydrogen-bond acceptors (Lipinski definition) is 3. The summed E-state index contributed by atoms with van der Waals surface area (Å²) in [5, 5.41) is 0. The van der Waals surface area contributed by atoms with Gasteiger partial charge in [-0.2, -0.15) is 0 Å². The van der Waals surface area contributed by atoms with Gasteiger partial charge in [-0.25, -0.2) is 4.98 Å². The lowest BCUT2D eigenvalue weighted by Gasteiger charge is -2.13. The van der Waals surface area contributed by atoms with Crippen LogP contribution in [0.25, 0.3) is 11.0 Å². The van der Waals surface area contributed by atoms with Gasteiger partial charge in [-0.3, -0.25) is 0 Å². The van der Waals surface area contributed by atoms with Crippen molar-refractivity contribution < 1.29 is 4.74 Å². The summed E-state index contributed by atoms with van der Waals surface area (Å²) in [6.07, 6.45) is 0. The summed E-state index contributed by atoms with van der Waals surface area (Å²) in [7, 11) is 0. The molecule has 0 spiro atoms. The van der Waals surface area contributed by atoms with E-state index in [9.17, 15) is 0 Å². The van der Waals surface area contributed by atoms with Crippen LogP contribution >= 0.6 is 0 Å². The molecule has 0 bridgehead atoms. The molecule has 2 N–H and O–H groups in total. The Balaban J connectivity index is 1.87. The van der Waals surface area contributed by atoms with Crippen LogP contribution < -0.4 is 10.5 Å². The van der Waals surface area contributed by atoms with E-state index in [4.69, 9.17) is 15.5 Å². The first kappa shape index (κ1) is 16.4. The van der Waals surface area contributed by atoms with Crippen LogP contribution in [0.2, 0.25) is 0 Å². The number of imidazole rings is 1. The zero-order valence-corrected chi connectivity index (χ0v) is 14.8. The number of benzene rings is 2. The molecule has 0 atom stereocenters. The first-order valence-corrected chi connectivity index (χ1v) is 8.41. The van der Waals surface area contributed by atoms with Crippen LogP contribution in [0.4, 0.5) is 5.69 Å². The number of rotatable bonds is 5. The van der Waals surface area contributed by atoms with Crippen molar-refractivity contribution in [1.29, 1.82) is 0 Å². The average molecular weight is 323 g/mol. The summed E-state index contributed by atoms with van der Waals surface area (Å²) in [6.45, 7) is 9.98. The fourth-order valence-electron chi connectivity index (χ4n) is 2.93. The number of anilines is 1. The Morgan fingerprint density at radius 2 is 1.88 bits per heavy atom. The van der Waals surface area contributed by atoms with Gasteiger partial charge in [-0.1, -0.05) is 19.9 Å². The first-order valence-electron chi connectivity index (χ1n) is 8.41. The highest BCUT2D eigenvalue weighted by atomic mass is 16.5. The minimum Gasteiger partial charge on any atom is -0.492 e. The molecular weight excluding hydrogens is 298 g/mol. The second kappa shape index (κ2) is 6.56. The Hall–Kier alpha value is -2.49. The van der Waals surface area contributed by atoms with Gasteiger partial charge in [0.1, 0.15) is 18.2 Å². The number of aromatic nitrogens is 2. The van der Waals surface area contributed by atoms with Gasteiger partial charge >= 0.3 is 0 Å². The van der Waals surface area contributed by atoms with E-state index >= 15 is 0 Å². The highest BCUT2D eigenvalue weighted by Crippen LogP contribution is 2.25. The molecule has 0 aliphatic heterocycles. The van der Waals surface area contributed by atoms with Crippen LogP contribution in [0.3, 0.4) is 0 Å². The molecule has 0 saturated heterocycles. The topological polar surface area (TPSA) is 53.1 Å². The van der Waals surface area contributed by atoms with Crippen molar-refractivity contribution in [2.45, 2.75) is 40.2 Å². The van der Waals surface area contributed by atoms with Gasteiger partial charge in [-0.15, -0.1) is 0 Å². The molecule has 2 aromatic carbocycles. The van der Waals surface area contributed by atoms with Gasteiger partial charge in [0.25, 0.3) is 0 Å². The highest BCUT2D eigenvalue weighted by molar-refractivity contribution is 5.78. The number of aryl methyl sites for hydroxylation is 2. The van der Waals surface area contributed by atoms with Gasteiger partial charge in [0.15, 0.2) is 0 Å². The predicted molar refractivity (Wildman–Crippen MR) is 99.6 cm³/mol. The van der Waals surface area contributed by atoms with E-state index in [1.165, 1.54) is 16.6 Å². The molecule has 0 amide bonds. The summed E-state index contributed by atoms with van der Waals surface area (Å²) >= 11 is 0. The predicted octanol–water partition coefficient (Wildman–Crippen LogP) is 4.44. The van der Waals surface area contributed by atoms with Crippen LogP contribution in [-0.4, -0.2) is 16.2 Å². The van der Waals surface area contributed by atoms with Crippen LogP contribution in [-0.2, 0) is 6.54 Å². The summed E-state index contributed by atoms with van der Waals surface area (Å²) in [4.78, 5) is 4.84. The molecule has 4 heteroatoms. The molecule has 3 rings (SSSR count). The molecule has 0 saturated carbocycles. The lowest BCUT2D eigenvalue weighted by molar-refractivity contribution is 0.297. The summed E-state index contributed by atoms with van der Waals surface area (Å²) in [5.74, 6) is 2.27. The van der Waals surface area contributed by atoms with E-state index in [0.717, 1.165) is 29.3 Å². The van der Waals surface area contributed by atoms with E-state index in [1.807, 2.05) is 24.3 Å². The fraction of sp³-hybridized carbons (Fsp3) is 0.350. The van der Waals surface area contributed by atoms with Crippen LogP contribution in [0, 0.1) is 13.8 Å². The smallest absolute Gasteiger partial charge is 0.121 e. The number of ether oxygens (including phenoxy) is 1. The van der Waals surface area contributed by atoms with Crippen molar-refractivity contribution in [1.82, 2.24) is 9.55 Å². The first-order chi connectivity index (χ1) is 11.5. The summed E-state index contributed by atoms with van der Waals surface area (Å²) in [5.41, 5.74) is 11.3. The molecule has 0 aliphatic rings. The largest absolute Gasteiger partial charge is 0.492 e. The zero-order chi connectivity index (χ0) is 17.3. The molecule has 126 valence electrons. The van der Waals surface area contributed by atoms with Gasteiger partial charge in [0.2, 0.25) is 0 Å². The Kier molecular flexibility index (Phi) is 4.47.